The van der Waals surface area contributed by atoms with E-state index in [0.717, 1.165) is 17.6 Å². The van der Waals surface area contributed by atoms with Gasteiger partial charge in [-0.05, 0) is 43.0 Å². The van der Waals surface area contributed by atoms with E-state index in [4.69, 9.17) is 0 Å². The van der Waals surface area contributed by atoms with Crippen molar-refractivity contribution in [1.82, 2.24) is 0 Å². The van der Waals surface area contributed by atoms with Gasteiger partial charge in [0.05, 0.1) is 6.07 Å². The highest BCUT2D eigenvalue weighted by atomic mass is 14.3. The zero-order chi connectivity index (χ0) is 15.5. The second-order valence-corrected chi connectivity index (χ2v) is 6.00. The first kappa shape index (κ1) is 14.4. The molecule has 1 atom stereocenters. The molecular formula is C21H19N. The van der Waals surface area contributed by atoms with Gasteiger partial charge in [-0.25, -0.2) is 0 Å². The van der Waals surface area contributed by atoms with Crippen LogP contribution in [0.4, 0.5) is 0 Å². The molecule has 0 radical (unpaired) electrons. The summed E-state index contributed by atoms with van der Waals surface area (Å²) >= 11 is 0. The van der Waals surface area contributed by atoms with Crippen LogP contribution in [0.1, 0.15) is 34.6 Å². The average molecular weight is 285 g/mol. The van der Waals surface area contributed by atoms with E-state index in [1.165, 1.54) is 22.3 Å². The van der Waals surface area contributed by atoms with Crippen molar-refractivity contribution >= 4 is 5.57 Å². The van der Waals surface area contributed by atoms with Crippen molar-refractivity contribution in [2.45, 2.75) is 26.2 Å². The van der Waals surface area contributed by atoms with Crippen molar-refractivity contribution in [2.24, 2.45) is 0 Å². The predicted octanol–water partition coefficient (Wildman–Crippen LogP) is 5.32. The van der Waals surface area contributed by atoms with Crippen LogP contribution in [0.5, 0.6) is 0 Å². The van der Waals surface area contributed by atoms with Gasteiger partial charge in [0.15, 0.2) is 0 Å². The molecular weight excluding hydrogens is 266 g/mol. The minimum Gasteiger partial charge on any atom is -0.193 e. The summed E-state index contributed by atoms with van der Waals surface area (Å²) in [4.78, 5) is 0. The van der Waals surface area contributed by atoms with E-state index in [1.807, 2.05) is 6.08 Å². The zero-order valence-electron chi connectivity index (χ0n) is 13.0. The molecule has 0 bridgehead atoms. The highest BCUT2D eigenvalue weighted by Gasteiger charge is 2.18. The molecule has 1 aliphatic carbocycles. The first-order valence-corrected chi connectivity index (χ1v) is 7.62. The highest BCUT2D eigenvalue weighted by molar-refractivity contribution is 5.78. The van der Waals surface area contributed by atoms with Crippen LogP contribution in [0, 0.1) is 25.2 Å². The third-order valence-electron chi connectivity index (χ3n) is 4.12. The summed E-state index contributed by atoms with van der Waals surface area (Å²) in [5.41, 5.74) is 6.97. The summed E-state index contributed by atoms with van der Waals surface area (Å²) in [6.07, 6.45) is 5.11. The fourth-order valence-electron chi connectivity index (χ4n) is 3.00. The first-order chi connectivity index (χ1) is 10.7. The van der Waals surface area contributed by atoms with Crippen LogP contribution in [0.3, 0.4) is 0 Å². The summed E-state index contributed by atoms with van der Waals surface area (Å²) in [6, 6.07) is 19.4. The fourth-order valence-corrected chi connectivity index (χ4v) is 3.00. The van der Waals surface area contributed by atoms with Gasteiger partial charge < -0.3 is 0 Å². The fraction of sp³-hybridized carbons (Fsp3) is 0.190. The van der Waals surface area contributed by atoms with Crippen LogP contribution < -0.4 is 0 Å². The summed E-state index contributed by atoms with van der Waals surface area (Å²) in [5.74, 6) is 0.273. The molecule has 0 aromatic heterocycles. The molecule has 2 aromatic carbocycles. The van der Waals surface area contributed by atoms with Crippen LogP contribution >= 0.6 is 0 Å². The van der Waals surface area contributed by atoms with Gasteiger partial charge in [0.25, 0.3) is 0 Å². The largest absolute Gasteiger partial charge is 0.193 e. The minimum absolute atomic E-state index is 0.273. The number of hydrogen-bond acceptors (Lipinski definition) is 1. The molecule has 0 saturated carbocycles. The van der Waals surface area contributed by atoms with Crippen molar-refractivity contribution in [2.75, 3.05) is 0 Å². The average Bonchev–Trinajstić information content (AvgIpc) is 2.54. The van der Waals surface area contributed by atoms with Gasteiger partial charge in [-0.2, -0.15) is 5.26 Å². The second kappa shape index (κ2) is 6.03. The number of nitriles is 1. The summed E-state index contributed by atoms with van der Waals surface area (Å²) in [5, 5.41) is 9.38. The SMILES string of the molecule is Cc1cccc(C2=CC(c3cccc(C)c3)CC(C#N)=C2)c1. The Kier molecular flexibility index (Phi) is 3.94. The van der Waals surface area contributed by atoms with Crippen LogP contribution in [0.25, 0.3) is 5.57 Å². The van der Waals surface area contributed by atoms with Crippen LogP contribution in [0.2, 0.25) is 0 Å². The molecule has 0 aliphatic heterocycles. The predicted molar refractivity (Wildman–Crippen MR) is 91.4 cm³/mol. The van der Waals surface area contributed by atoms with Crippen LogP contribution in [-0.4, -0.2) is 0 Å². The Hall–Kier alpha value is -2.59. The molecule has 0 heterocycles. The Bertz CT molecular complexity index is 803. The van der Waals surface area contributed by atoms with Gasteiger partial charge in [-0.15, -0.1) is 0 Å². The lowest BCUT2D eigenvalue weighted by Crippen LogP contribution is -2.03. The maximum atomic E-state index is 9.38. The minimum atomic E-state index is 0.273. The van der Waals surface area contributed by atoms with E-state index in [-0.39, 0.29) is 5.92 Å². The molecule has 2 aromatic rings. The smallest absolute Gasteiger partial charge is 0.0947 e. The molecule has 0 fully saturated rings. The summed E-state index contributed by atoms with van der Waals surface area (Å²) in [6.45, 7) is 4.21. The number of nitrogens with zero attached hydrogens (tertiary/aromatic N) is 1. The Morgan fingerprint density at radius 1 is 1.00 bits per heavy atom. The topological polar surface area (TPSA) is 23.8 Å². The first-order valence-electron chi connectivity index (χ1n) is 7.62. The number of aryl methyl sites for hydroxylation is 2. The third kappa shape index (κ3) is 3.02. The lowest BCUT2D eigenvalue weighted by molar-refractivity contribution is 0.833. The van der Waals surface area contributed by atoms with E-state index in [2.05, 4.69) is 74.5 Å². The highest BCUT2D eigenvalue weighted by Crippen LogP contribution is 2.35. The third-order valence-corrected chi connectivity index (χ3v) is 4.12. The standard InChI is InChI=1S/C21H19N/c1-15-5-3-7-18(9-15)20-11-17(14-22)12-21(13-20)19-8-4-6-16(2)10-19/h3-11,13,21H,12H2,1-2H3. The molecule has 0 N–H and O–H groups in total. The Balaban J connectivity index is 2.04. The van der Waals surface area contributed by atoms with Crippen molar-refractivity contribution in [3.63, 3.8) is 0 Å². The second-order valence-electron chi connectivity index (χ2n) is 6.00. The maximum absolute atomic E-state index is 9.38. The molecule has 108 valence electrons. The van der Waals surface area contributed by atoms with E-state index in [9.17, 15) is 5.26 Å². The Morgan fingerprint density at radius 2 is 1.73 bits per heavy atom. The van der Waals surface area contributed by atoms with Gasteiger partial charge >= 0.3 is 0 Å². The van der Waals surface area contributed by atoms with Gasteiger partial charge in [0.2, 0.25) is 0 Å². The molecule has 0 amide bonds. The van der Waals surface area contributed by atoms with E-state index < -0.39 is 0 Å². The van der Waals surface area contributed by atoms with Crippen molar-refractivity contribution in [3.8, 4) is 6.07 Å². The van der Waals surface area contributed by atoms with Gasteiger partial charge in [-0.1, -0.05) is 65.7 Å². The van der Waals surface area contributed by atoms with E-state index >= 15 is 0 Å². The van der Waals surface area contributed by atoms with Crippen molar-refractivity contribution < 1.29 is 0 Å². The summed E-state index contributed by atoms with van der Waals surface area (Å²) in [7, 11) is 0. The Morgan fingerprint density at radius 3 is 2.41 bits per heavy atom. The number of rotatable bonds is 2. The molecule has 1 aliphatic rings. The summed E-state index contributed by atoms with van der Waals surface area (Å²) < 4.78 is 0. The van der Waals surface area contributed by atoms with Crippen molar-refractivity contribution in [3.05, 3.63) is 88.5 Å². The van der Waals surface area contributed by atoms with E-state index in [0.29, 0.717) is 0 Å². The van der Waals surface area contributed by atoms with Gasteiger partial charge in [0, 0.05) is 11.5 Å². The number of hydrogen-bond donors (Lipinski definition) is 0. The molecule has 0 saturated heterocycles. The molecule has 1 unspecified atom stereocenters. The number of allylic oxidation sites excluding steroid dienone is 4. The Labute approximate surface area is 132 Å². The zero-order valence-corrected chi connectivity index (χ0v) is 13.0. The van der Waals surface area contributed by atoms with Gasteiger partial charge in [-0.3, -0.25) is 0 Å². The molecule has 1 nitrogen and oxygen atoms in total. The van der Waals surface area contributed by atoms with E-state index in [1.54, 1.807) is 0 Å². The van der Waals surface area contributed by atoms with Crippen LogP contribution in [-0.2, 0) is 0 Å². The lowest BCUT2D eigenvalue weighted by Gasteiger charge is -2.20. The molecule has 0 spiro atoms. The molecule has 3 rings (SSSR count). The quantitative estimate of drug-likeness (QED) is 0.732. The van der Waals surface area contributed by atoms with Crippen molar-refractivity contribution in [1.29, 1.82) is 5.26 Å². The monoisotopic (exact) mass is 285 g/mol. The molecule has 22 heavy (non-hydrogen) atoms. The van der Waals surface area contributed by atoms with Crippen LogP contribution in [0.15, 0.2) is 66.3 Å². The normalized spacial score (nSPS) is 17.4. The lowest BCUT2D eigenvalue weighted by atomic mass is 9.83. The maximum Gasteiger partial charge on any atom is 0.0947 e. The van der Waals surface area contributed by atoms with Gasteiger partial charge in [0.1, 0.15) is 0 Å². The molecule has 1 heteroatoms. The number of benzene rings is 2.